The van der Waals surface area contributed by atoms with Crippen molar-refractivity contribution >= 4 is 6.03 Å². The Balaban J connectivity index is 1.80. The molecule has 1 aromatic carbocycles. The quantitative estimate of drug-likeness (QED) is 0.826. The Morgan fingerprint density at radius 2 is 1.86 bits per heavy atom. The highest BCUT2D eigenvalue weighted by atomic mass is 16.5. The van der Waals surface area contributed by atoms with E-state index >= 15 is 0 Å². The van der Waals surface area contributed by atoms with Crippen LogP contribution in [0.4, 0.5) is 4.79 Å². The molecule has 0 fully saturated rings. The minimum atomic E-state index is -0.211. The molecule has 0 spiro atoms. The van der Waals surface area contributed by atoms with Gasteiger partial charge in [0.15, 0.2) is 0 Å². The molecule has 5 nitrogen and oxygen atoms in total. The fraction of sp³-hybridized carbons (Fsp3) is 0.294. The zero-order chi connectivity index (χ0) is 15.6. The van der Waals surface area contributed by atoms with Gasteiger partial charge in [-0.1, -0.05) is 30.3 Å². The molecule has 5 heteroatoms. The second-order valence-corrected chi connectivity index (χ2v) is 4.77. The van der Waals surface area contributed by atoms with Gasteiger partial charge in [-0.15, -0.1) is 0 Å². The number of carbonyl (C=O) groups excluding carboxylic acids is 1. The number of hydrogen-bond acceptors (Lipinski definition) is 3. The number of amides is 2. The molecule has 116 valence electrons. The van der Waals surface area contributed by atoms with Crippen molar-refractivity contribution in [1.29, 1.82) is 0 Å². The molecule has 0 aliphatic heterocycles. The number of carbonyl (C=O) groups is 1. The van der Waals surface area contributed by atoms with Crippen molar-refractivity contribution in [2.24, 2.45) is 0 Å². The van der Waals surface area contributed by atoms with Crippen LogP contribution in [0.15, 0.2) is 54.9 Å². The highest BCUT2D eigenvalue weighted by Gasteiger charge is 2.12. The van der Waals surface area contributed by atoms with Crippen LogP contribution >= 0.6 is 0 Å². The molecular formula is C17H21N3O2. The Hall–Kier alpha value is -2.40. The van der Waals surface area contributed by atoms with Crippen molar-refractivity contribution in [3.05, 3.63) is 66.0 Å². The van der Waals surface area contributed by atoms with Gasteiger partial charge in [-0.2, -0.15) is 0 Å². The van der Waals surface area contributed by atoms with Crippen LogP contribution in [0.3, 0.4) is 0 Å². The van der Waals surface area contributed by atoms with E-state index in [9.17, 15) is 4.79 Å². The predicted octanol–water partition coefficient (Wildman–Crippen LogP) is 2.66. The van der Waals surface area contributed by atoms with Gasteiger partial charge in [-0.25, -0.2) is 4.79 Å². The van der Waals surface area contributed by atoms with Crippen LogP contribution < -0.4 is 10.6 Å². The third kappa shape index (κ3) is 5.18. The molecule has 0 aliphatic carbocycles. The number of benzene rings is 1. The van der Waals surface area contributed by atoms with E-state index in [1.807, 2.05) is 49.4 Å². The number of ether oxygens (including phenoxy) is 1. The molecule has 2 N–H and O–H groups in total. The minimum absolute atomic E-state index is 0.141. The van der Waals surface area contributed by atoms with Crippen molar-refractivity contribution in [3.8, 4) is 0 Å². The van der Waals surface area contributed by atoms with Gasteiger partial charge in [0.25, 0.3) is 0 Å². The van der Waals surface area contributed by atoms with E-state index in [0.717, 1.165) is 11.1 Å². The Bertz CT molecular complexity index is 561. The largest absolute Gasteiger partial charge is 0.372 e. The number of rotatable bonds is 7. The Morgan fingerprint density at radius 1 is 1.14 bits per heavy atom. The number of nitrogens with one attached hydrogen (secondary N) is 2. The van der Waals surface area contributed by atoms with E-state index in [1.165, 1.54) is 0 Å². The summed E-state index contributed by atoms with van der Waals surface area (Å²) in [7, 11) is 0. The van der Waals surface area contributed by atoms with Gasteiger partial charge in [-0.3, -0.25) is 4.98 Å². The average molecular weight is 299 g/mol. The summed E-state index contributed by atoms with van der Waals surface area (Å²) in [4.78, 5) is 15.8. The number of nitrogens with zero attached hydrogens (tertiary/aromatic N) is 1. The van der Waals surface area contributed by atoms with E-state index in [-0.39, 0.29) is 12.1 Å². The van der Waals surface area contributed by atoms with Gasteiger partial charge in [0.2, 0.25) is 0 Å². The highest BCUT2D eigenvalue weighted by Crippen LogP contribution is 2.15. The molecule has 2 amide bonds. The molecule has 1 heterocycles. The number of hydrogen-bond donors (Lipinski definition) is 2. The molecule has 0 saturated carbocycles. The van der Waals surface area contributed by atoms with E-state index in [0.29, 0.717) is 19.7 Å². The minimum Gasteiger partial charge on any atom is -0.372 e. The molecule has 0 radical (unpaired) electrons. The maximum absolute atomic E-state index is 11.9. The first-order valence-corrected chi connectivity index (χ1v) is 7.36. The first-order valence-electron chi connectivity index (χ1n) is 7.36. The fourth-order valence-electron chi connectivity index (χ4n) is 2.07. The summed E-state index contributed by atoms with van der Waals surface area (Å²) >= 11 is 0. The standard InChI is InChI=1S/C17H21N3O2/c1-2-22-16(15-6-4-3-5-7-15)13-20-17(21)19-12-14-8-10-18-11-9-14/h3-11,16H,2,12-13H2,1H3,(H2,19,20,21)/t16-/m0/s1. The molecule has 0 aliphatic rings. The summed E-state index contributed by atoms with van der Waals surface area (Å²) in [6.07, 6.45) is 3.27. The molecule has 0 saturated heterocycles. The van der Waals surface area contributed by atoms with E-state index in [4.69, 9.17) is 4.74 Å². The molecule has 2 rings (SSSR count). The predicted molar refractivity (Wildman–Crippen MR) is 85.3 cm³/mol. The lowest BCUT2D eigenvalue weighted by atomic mass is 10.1. The SMILES string of the molecule is CCO[C@@H](CNC(=O)NCc1ccncc1)c1ccccc1. The summed E-state index contributed by atoms with van der Waals surface area (Å²) in [6.45, 7) is 3.44. The second-order valence-electron chi connectivity index (χ2n) is 4.77. The Morgan fingerprint density at radius 3 is 2.55 bits per heavy atom. The van der Waals surface area contributed by atoms with Crippen LogP contribution in [0.2, 0.25) is 0 Å². The summed E-state index contributed by atoms with van der Waals surface area (Å²) < 4.78 is 5.69. The first-order chi connectivity index (χ1) is 10.8. The third-order valence-corrected chi connectivity index (χ3v) is 3.19. The fourth-order valence-corrected chi connectivity index (χ4v) is 2.07. The van der Waals surface area contributed by atoms with Crippen molar-refractivity contribution in [2.75, 3.05) is 13.2 Å². The smallest absolute Gasteiger partial charge is 0.315 e. The Labute approximate surface area is 130 Å². The van der Waals surface area contributed by atoms with Gasteiger partial charge >= 0.3 is 6.03 Å². The van der Waals surface area contributed by atoms with Crippen LogP contribution in [-0.2, 0) is 11.3 Å². The van der Waals surface area contributed by atoms with Gasteiger partial charge < -0.3 is 15.4 Å². The van der Waals surface area contributed by atoms with E-state index in [2.05, 4.69) is 15.6 Å². The summed E-state index contributed by atoms with van der Waals surface area (Å²) in [5, 5.41) is 5.66. The van der Waals surface area contributed by atoms with E-state index < -0.39 is 0 Å². The molecule has 0 bridgehead atoms. The zero-order valence-electron chi connectivity index (χ0n) is 12.7. The van der Waals surface area contributed by atoms with Crippen LogP contribution in [-0.4, -0.2) is 24.2 Å². The van der Waals surface area contributed by atoms with Gasteiger partial charge in [0.1, 0.15) is 0 Å². The van der Waals surface area contributed by atoms with Crippen LogP contribution in [0.1, 0.15) is 24.2 Å². The normalized spacial score (nSPS) is 11.7. The molecular weight excluding hydrogens is 278 g/mol. The second kappa shape index (κ2) is 8.79. The monoisotopic (exact) mass is 299 g/mol. The maximum atomic E-state index is 11.9. The van der Waals surface area contributed by atoms with E-state index in [1.54, 1.807) is 12.4 Å². The lowest BCUT2D eigenvalue weighted by molar-refractivity contribution is 0.0639. The number of urea groups is 1. The van der Waals surface area contributed by atoms with Gasteiger partial charge in [0, 0.05) is 32.1 Å². The highest BCUT2D eigenvalue weighted by molar-refractivity contribution is 5.73. The summed E-state index contributed by atoms with van der Waals surface area (Å²) in [5.74, 6) is 0. The van der Waals surface area contributed by atoms with Gasteiger partial charge in [0.05, 0.1) is 6.10 Å². The van der Waals surface area contributed by atoms with Crippen LogP contribution in [0.5, 0.6) is 0 Å². The van der Waals surface area contributed by atoms with Crippen molar-refractivity contribution < 1.29 is 9.53 Å². The number of aromatic nitrogens is 1. The van der Waals surface area contributed by atoms with Gasteiger partial charge in [-0.05, 0) is 30.2 Å². The third-order valence-electron chi connectivity index (χ3n) is 3.19. The summed E-state index contributed by atoms with van der Waals surface area (Å²) in [6, 6.07) is 13.4. The molecule has 0 unspecified atom stereocenters. The lowest BCUT2D eigenvalue weighted by Gasteiger charge is -2.18. The molecule has 1 aromatic heterocycles. The molecule has 1 atom stereocenters. The first kappa shape index (κ1) is 16.0. The van der Waals surface area contributed by atoms with Crippen molar-refractivity contribution in [1.82, 2.24) is 15.6 Å². The Kier molecular flexibility index (Phi) is 6.39. The molecule has 2 aromatic rings. The average Bonchev–Trinajstić information content (AvgIpc) is 2.58. The van der Waals surface area contributed by atoms with Crippen LogP contribution in [0, 0.1) is 0 Å². The van der Waals surface area contributed by atoms with Crippen LogP contribution in [0.25, 0.3) is 0 Å². The molecule has 22 heavy (non-hydrogen) atoms. The zero-order valence-corrected chi connectivity index (χ0v) is 12.7. The lowest BCUT2D eigenvalue weighted by Crippen LogP contribution is -2.37. The van der Waals surface area contributed by atoms with Crippen molar-refractivity contribution in [2.45, 2.75) is 19.6 Å². The topological polar surface area (TPSA) is 63.2 Å². The maximum Gasteiger partial charge on any atom is 0.315 e. The summed E-state index contributed by atoms with van der Waals surface area (Å²) in [5.41, 5.74) is 2.06. The number of pyridine rings is 1. The van der Waals surface area contributed by atoms with Crippen molar-refractivity contribution in [3.63, 3.8) is 0 Å².